The number of thiocarbonyl (C=S) groups is 1. The van der Waals surface area contributed by atoms with Crippen LogP contribution in [0.4, 0.5) is 0 Å². The van der Waals surface area contributed by atoms with Gasteiger partial charge in [0.25, 0.3) is 0 Å². The summed E-state index contributed by atoms with van der Waals surface area (Å²) in [6, 6.07) is 21.1. The maximum Gasteiger partial charge on any atom is 0.169 e. The molecule has 1 aliphatic rings. The van der Waals surface area contributed by atoms with E-state index in [0.717, 1.165) is 31.1 Å². The average Bonchev–Trinajstić information content (AvgIpc) is 3.15. The van der Waals surface area contributed by atoms with Gasteiger partial charge in [-0.05, 0) is 36.2 Å². The molecule has 0 spiro atoms. The Morgan fingerprint density at radius 2 is 1.71 bits per heavy atom. The van der Waals surface area contributed by atoms with Gasteiger partial charge in [-0.2, -0.15) is 0 Å². The van der Waals surface area contributed by atoms with Crippen LogP contribution in [0.15, 0.2) is 60.7 Å². The zero-order chi connectivity index (χ0) is 16.8. The highest BCUT2D eigenvalue weighted by molar-refractivity contribution is 7.80. The molecule has 3 rings (SSSR count). The molecule has 0 aliphatic carbocycles. The first kappa shape index (κ1) is 16.9. The topological polar surface area (TPSA) is 24.5 Å². The quantitative estimate of drug-likeness (QED) is 0.838. The number of nitrogens with zero attached hydrogens (tertiary/aromatic N) is 1. The van der Waals surface area contributed by atoms with Gasteiger partial charge in [-0.25, -0.2) is 0 Å². The molecule has 1 N–H and O–H groups in total. The first-order valence-corrected chi connectivity index (χ1v) is 8.88. The van der Waals surface area contributed by atoms with E-state index in [1.807, 2.05) is 12.1 Å². The van der Waals surface area contributed by atoms with Gasteiger partial charge in [0.05, 0.1) is 12.1 Å². The van der Waals surface area contributed by atoms with E-state index in [9.17, 15) is 0 Å². The fraction of sp³-hybridized carbons (Fsp3) is 0.350. The van der Waals surface area contributed by atoms with Crippen molar-refractivity contribution in [1.29, 1.82) is 0 Å². The van der Waals surface area contributed by atoms with Crippen molar-refractivity contribution in [2.24, 2.45) is 0 Å². The van der Waals surface area contributed by atoms with Gasteiger partial charge >= 0.3 is 0 Å². The first-order chi connectivity index (χ1) is 11.8. The number of hydrogen-bond acceptors (Lipinski definition) is 2. The van der Waals surface area contributed by atoms with Gasteiger partial charge in [-0.15, -0.1) is 0 Å². The molecule has 0 amide bonds. The minimum atomic E-state index is 0.0943. The largest absolute Gasteiger partial charge is 0.376 e. The molecule has 1 atom stereocenters. The number of benzene rings is 2. The van der Waals surface area contributed by atoms with Crippen molar-refractivity contribution in [3.05, 3.63) is 71.8 Å². The van der Waals surface area contributed by atoms with Crippen molar-refractivity contribution in [3.63, 3.8) is 0 Å². The first-order valence-electron chi connectivity index (χ1n) is 8.48. The van der Waals surface area contributed by atoms with E-state index >= 15 is 0 Å². The number of rotatable bonds is 5. The molecular formula is C20H24N2OS. The second kappa shape index (κ2) is 8.27. The van der Waals surface area contributed by atoms with Crippen molar-refractivity contribution >= 4 is 17.3 Å². The Kier molecular flexibility index (Phi) is 5.83. The molecule has 24 heavy (non-hydrogen) atoms. The predicted molar refractivity (Wildman–Crippen MR) is 102 cm³/mol. The summed E-state index contributed by atoms with van der Waals surface area (Å²) in [5.41, 5.74) is 2.46. The van der Waals surface area contributed by atoms with Crippen LogP contribution in [-0.2, 0) is 4.74 Å². The normalized spacial score (nSPS) is 17.0. The molecule has 1 fully saturated rings. The van der Waals surface area contributed by atoms with Crippen LogP contribution >= 0.6 is 12.2 Å². The molecule has 1 saturated heterocycles. The molecule has 0 radical (unpaired) electrons. The van der Waals surface area contributed by atoms with Crippen LogP contribution in [-0.4, -0.2) is 36.3 Å². The fourth-order valence-corrected chi connectivity index (χ4v) is 3.35. The molecule has 1 aliphatic heterocycles. The van der Waals surface area contributed by atoms with Gasteiger partial charge in [0, 0.05) is 20.2 Å². The third kappa shape index (κ3) is 4.13. The maximum absolute atomic E-state index is 5.67. The smallest absolute Gasteiger partial charge is 0.169 e. The van der Waals surface area contributed by atoms with Crippen molar-refractivity contribution in [1.82, 2.24) is 10.2 Å². The van der Waals surface area contributed by atoms with Crippen LogP contribution in [0.3, 0.4) is 0 Å². The Morgan fingerprint density at radius 3 is 2.21 bits per heavy atom. The summed E-state index contributed by atoms with van der Waals surface area (Å²) in [7, 11) is 2.05. The van der Waals surface area contributed by atoms with E-state index in [4.69, 9.17) is 17.0 Å². The molecule has 0 aromatic heterocycles. The number of hydrogen-bond donors (Lipinski definition) is 1. The molecule has 0 saturated carbocycles. The Hall–Kier alpha value is -1.91. The molecule has 2 aromatic rings. The van der Waals surface area contributed by atoms with Crippen LogP contribution in [0.1, 0.15) is 30.0 Å². The van der Waals surface area contributed by atoms with Gasteiger partial charge in [0.1, 0.15) is 0 Å². The van der Waals surface area contributed by atoms with E-state index in [1.165, 1.54) is 11.1 Å². The monoisotopic (exact) mass is 340 g/mol. The minimum Gasteiger partial charge on any atom is -0.376 e. The zero-order valence-corrected chi connectivity index (χ0v) is 14.8. The van der Waals surface area contributed by atoms with Gasteiger partial charge in [-0.3, -0.25) is 0 Å². The lowest BCUT2D eigenvalue weighted by atomic mass is 9.98. The third-order valence-electron chi connectivity index (χ3n) is 4.44. The molecule has 0 bridgehead atoms. The molecule has 1 heterocycles. The molecule has 2 aromatic carbocycles. The summed E-state index contributed by atoms with van der Waals surface area (Å²) >= 11 is 5.65. The molecule has 3 nitrogen and oxygen atoms in total. The Labute approximate surface area is 149 Å². The summed E-state index contributed by atoms with van der Waals surface area (Å²) in [5, 5.41) is 4.13. The predicted octanol–water partition coefficient (Wildman–Crippen LogP) is 3.76. The van der Waals surface area contributed by atoms with E-state index in [0.29, 0.717) is 0 Å². The molecule has 0 unspecified atom stereocenters. The standard InChI is InChI=1S/C20H24N2OS/c1-22(20(24)21-15-18-13-8-14-23-18)19(16-9-4-2-5-10-16)17-11-6-3-7-12-17/h2-7,9-12,18-19H,8,13-15H2,1H3,(H,21,24)/t18-/m0/s1. The van der Waals surface area contributed by atoms with Crippen molar-refractivity contribution in [2.45, 2.75) is 25.0 Å². The molecular weight excluding hydrogens is 316 g/mol. The highest BCUT2D eigenvalue weighted by atomic mass is 32.1. The number of ether oxygens (including phenoxy) is 1. The maximum atomic E-state index is 5.67. The van der Waals surface area contributed by atoms with Crippen LogP contribution in [0.2, 0.25) is 0 Å². The Bertz CT molecular complexity index is 602. The van der Waals surface area contributed by atoms with Crippen molar-refractivity contribution in [2.75, 3.05) is 20.2 Å². The lowest BCUT2D eigenvalue weighted by molar-refractivity contribution is 0.113. The zero-order valence-electron chi connectivity index (χ0n) is 14.0. The average molecular weight is 340 g/mol. The Morgan fingerprint density at radius 1 is 1.12 bits per heavy atom. The van der Waals surface area contributed by atoms with Gasteiger partial charge < -0.3 is 15.0 Å². The van der Waals surface area contributed by atoms with E-state index in [-0.39, 0.29) is 12.1 Å². The van der Waals surface area contributed by atoms with Crippen molar-refractivity contribution in [3.8, 4) is 0 Å². The van der Waals surface area contributed by atoms with Crippen LogP contribution in [0, 0.1) is 0 Å². The summed E-state index contributed by atoms with van der Waals surface area (Å²) in [4.78, 5) is 2.13. The highest BCUT2D eigenvalue weighted by Crippen LogP contribution is 2.27. The Balaban J connectivity index is 1.75. The third-order valence-corrected chi connectivity index (χ3v) is 4.88. The fourth-order valence-electron chi connectivity index (χ4n) is 3.16. The van der Waals surface area contributed by atoms with Gasteiger partial charge in [0.15, 0.2) is 5.11 Å². The van der Waals surface area contributed by atoms with E-state index in [1.54, 1.807) is 0 Å². The second-order valence-corrected chi connectivity index (χ2v) is 6.54. The lowest BCUT2D eigenvalue weighted by Crippen LogP contribution is -2.42. The SMILES string of the molecule is CN(C(=S)NC[C@@H]1CCCO1)C(c1ccccc1)c1ccccc1. The minimum absolute atomic E-state index is 0.0943. The van der Waals surface area contributed by atoms with Crippen LogP contribution < -0.4 is 5.32 Å². The summed E-state index contributed by atoms with van der Waals surface area (Å²) in [6.45, 7) is 1.64. The molecule has 4 heteroatoms. The van der Waals surface area contributed by atoms with Crippen molar-refractivity contribution < 1.29 is 4.74 Å². The van der Waals surface area contributed by atoms with E-state index in [2.05, 4.69) is 65.8 Å². The van der Waals surface area contributed by atoms with Crippen LogP contribution in [0.5, 0.6) is 0 Å². The molecule has 126 valence electrons. The van der Waals surface area contributed by atoms with Gasteiger partial charge in [0.2, 0.25) is 0 Å². The second-order valence-electron chi connectivity index (χ2n) is 6.16. The lowest BCUT2D eigenvalue weighted by Gasteiger charge is -2.32. The van der Waals surface area contributed by atoms with E-state index < -0.39 is 0 Å². The highest BCUT2D eigenvalue weighted by Gasteiger charge is 2.22. The summed E-state index contributed by atoms with van der Waals surface area (Å²) < 4.78 is 5.67. The van der Waals surface area contributed by atoms with Crippen LogP contribution in [0.25, 0.3) is 0 Å². The number of nitrogens with one attached hydrogen (secondary N) is 1. The summed E-state index contributed by atoms with van der Waals surface area (Å²) in [5.74, 6) is 0. The summed E-state index contributed by atoms with van der Waals surface area (Å²) in [6.07, 6.45) is 2.54. The van der Waals surface area contributed by atoms with Gasteiger partial charge in [-0.1, -0.05) is 60.7 Å².